The minimum atomic E-state index is -0.578. The second-order valence-corrected chi connectivity index (χ2v) is 8.30. The summed E-state index contributed by atoms with van der Waals surface area (Å²) in [4.78, 5) is 24.0. The number of halogens is 1. The number of nitrogens with zero attached hydrogens (tertiary/aromatic N) is 5. The van der Waals surface area contributed by atoms with Crippen molar-refractivity contribution in [3.63, 3.8) is 0 Å². The minimum Gasteiger partial charge on any atom is -0.322 e. The predicted octanol–water partition coefficient (Wildman–Crippen LogP) is 5.33. The summed E-state index contributed by atoms with van der Waals surface area (Å²) in [6.07, 6.45) is 0. The summed E-state index contributed by atoms with van der Waals surface area (Å²) in [6, 6.07) is 18.4. The van der Waals surface area contributed by atoms with Gasteiger partial charge in [-0.25, -0.2) is 0 Å². The van der Waals surface area contributed by atoms with Crippen LogP contribution in [0.2, 0.25) is 5.02 Å². The van der Waals surface area contributed by atoms with Crippen molar-refractivity contribution in [3.05, 3.63) is 92.8 Å². The van der Waals surface area contributed by atoms with E-state index in [1.807, 2.05) is 41.8 Å². The molecule has 0 aliphatic carbocycles. The Morgan fingerprint density at radius 2 is 1.88 bits per heavy atom. The standard InChI is InChI=1S/C22H13ClN6O3S/c23-17-8-7-15(29(31)32)12-16(17)22(30)24-14-5-3-13(4-6-14)18-9-10-20-25-26-21(28(20)27-18)19-2-1-11-33-19/h1-12H,(H,24,30). The minimum absolute atomic E-state index is 0.0239. The number of anilines is 1. The maximum atomic E-state index is 12.6. The van der Waals surface area contributed by atoms with Crippen LogP contribution in [-0.4, -0.2) is 30.6 Å². The second kappa shape index (κ2) is 8.41. The van der Waals surface area contributed by atoms with Crippen LogP contribution in [0.15, 0.2) is 72.1 Å². The summed E-state index contributed by atoms with van der Waals surface area (Å²) in [5, 5.41) is 28.9. The molecule has 0 aliphatic heterocycles. The molecule has 0 fully saturated rings. The number of nitro benzene ring substituents is 1. The number of carbonyl (C=O) groups excluding carboxylic acids is 1. The lowest BCUT2D eigenvalue weighted by Crippen LogP contribution is -2.12. The summed E-state index contributed by atoms with van der Waals surface area (Å²) < 4.78 is 1.70. The maximum absolute atomic E-state index is 12.6. The highest BCUT2D eigenvalue weighted by Gasteiger charge is 2.16. The lowest BCUT2D eigenvalue weighted by molar-refractivity contribution is -0.384. The van der Waals surface area contributed by atoms with Crippen molar-refractivity contribution in [2.75, 3.05) is 5.32 Å². The van der Waals surface area contributed by atoms with Crippen LogP contribution >= 0.6 is 22.9 Å². The van der Waals surface area contributed by atoms with Gasteiger partial charge in [0.2, 0.25) is 0 Å². The van der Waals surface area contributed by atoms with Gasteiger partial charge in [0.25, 0.3) is 11.6 Å². The van der Waals surface area contributed by atoms with Crippen LogP contribution in [0.1, 0.15) is 10.4 Å². The van der Waals surface area contributed by atoms with E-state index in [2.05, 4.69) is 20.6 Å². The van der Waals surface area contributed by atoms with Crippen molar-refractivity contribution in [1.29, 1.82) is 0 Å². The molecule has 5 rings (SSSR count). The third kappa shape index (κ3) is 4.04. The zero-order valence-electron chi connectivity index (χ0n) is 16.7. The molecular formula is C22H13ClN6O3S. The van der Waals surface area contributed by atoms with Gasteiger partial charge in [-0.3, -0.25) is 14.9 Å². The van der Waals surface area contributed by atoms with E-state index in [1.165, 1.54) is 12.1 Å². The van der Waals surface area contributed by atoms with E-state index in [9.17, 15) is 14.9 Å². The van der Waals surface area contributed by atoms with E-state index >= 15 is 0 Å². The van der Waals surface area contributed by atoms with Crippen LogP contribution in [-0.2, 0) is 0 Å². The molecule has 0 saturated heterocycles. The number of nitrogens with one attached hydrogen (secondary N) is 1. The lowest BCUT2D eigenvalue weighted by Gasteiger charge is -2.08. The number of non-ortho nitro benzene ring substituents is 1. The molecule has 1 amide bonds. The highest BCUT2D eigenvalue weighted by atomic mass is 35.5. The molecule has 3 heterocycles. The van der Waals surface area contributed by atoms with Gasteiger partial charge in [0.15, 0.2) is 11.5 Å². The Morgan fingerprint density at radius 1 is 1.06 bits per heavy atom. The van der Waals surface area contributed by atoms with E-state index in [1.54, 1.807) is 28.0 Å². The van der Waals surface area contributed by atoms with Crippen molar-refractivity contribution in [3.8, 4) is 22.0 Å². The molecule has 0 spiro atoms. The van der Waals surface area contributed by atoms with Gasteiger partial charge in [0.1, 0.15) is 0 Å². The predicted molar refractivity (Wildman–Crippen MR) is 126 cm³/mol. The van der Waals surface area contributed by atoms with Gasteiger partial charge < -0.3 is 5.32 Å². The van der Waals surface area contributed by atoms with Crippen molar-refractivity contribution >= 4 is 45.9 Å². The molecule has 9 nitrogen and oxygen atoms in total. The fraction of sp³-hybridized carbons (Fsp3) is 0. The molecule has 2 aromatic carbocycles. The summed E-state index contributed by atoms with van der Waals surface area (Å²) in [5.41, 5.74) is 2.50. The summed E-state index contributed by atoms with van der Waals surface area (Å²) >= 11 is 7.61. The molecule has 11 heteroatoms. The van der Waals surface area contributed by atoms with Gasteiger partial charge in [-0.05, 0) is 41.8 Å². The Hall–Kier alpha value is -4.15. The fourth-order valence-corrected chi connectivity index (χ4v) is 4.12. The SMILES string of the molecule is O=C(Nc1ccc(-c2ccc3nnc(-c4cccs4)n3n2)cc1)c1cc([N+](=O)[O-])ccc1Cl. The third-order valence-electron chi connectivity index (χ3n) is 4.85. The first-order valence-electron chi connectivity index (χ1n) is 9.62. The van der Waals surface area contributed by atoms with Crippen LogP contribution in [0.5, 0.6) is 0 Å². The zero-order valence-corrected chi connectivity index (χ0v) is 18.2. The van der Waals surface area contributed by atoms with Crippen LogP contribution < -0.4 is 5.32 Å². The monoisotopic (exact) mass is 476 g/mol. The molecule has 0 radical (unpaired) electrons. The fourth-order valence-electron chi connectivity index (χ4n) is 3.23. The Kier molecular flexibility index (Phi) is 5.29. The van der Waals surface area contributed by atoms with Gasteiger partial charge in [0.05, 0.1) is 26.1 Å². The first kappa shape index (κ1) is 20.7. The largest absolute Gasteiger partial charge is 0.322 e. The number of amides is 1. The van der Waals surface area contributed by atoms with Gasteiger partial charge in [-0.2, -0.15) is 9.61 Å². The zero-order chi connectivity index (χ0) is 22.9. The number of nitro groups is 1. The summed E-state index contributed by atoms with van der Waals surface area (Å²) in [6.45, 7) is 0. The van der Waals surface area contributed by atoms with Gasteiger partial charge >= 0.3 is 0 Å². The summed E-state index contributed by atoms with van der Waals surface area (Å²) in [7, 11) is 0. The Bertz CT molecular complexity index is 1500. The molecule has 1 N–H and O–H groups in total. The average Bonchev–Trinajstić information content (AvgIpc) is 3.49. The number of fused-ring (bicyclic) bond motifs is 1. The number of hydrogen-bond donors (Lipinski definition) is 1. The molecule has 162 valence electrons. The lowest BCUT2D eigenvalue weighted by atomic mass is 10.1. The molecule has 33 heavy (non-hydrogen) atoms. The normalized spacial score (nSPS) is 10.9. The van der Waals surface area contributed by atoms with Crippen molar-refractivity contribution in [1.82, 2.24) is 19.8 Å². The van der Waals surface area contributed by atoms with Crippen molar-refractivity contribution < 1.29 is 9.72 Å². The second-order valence-electron chi connectivity index (χ2n) is 6.94. The number of thiophene rings is 1. The third-order valence-corrected chi connectivity index (χ3v) is 6.04. The van der Waals surface area contributed by atoms with Gasteiger partial charge in [-0.1, -0.05) is 29.8 Å². The van der Waals surface area contributed by atoms with Crippen LogP contribution in [0, 0.1) is 10.1 Å². The highest BCUT2D eigenvalue weighted by molar-refractivity contribution is 7.13. The molecule has 0 atom stereocenters. The van der Waals surface area contributed by atoms with Crippen LogP contribution in [0.4, 0.5) is 11.4 Å². The molecule has 3 aromatic heterocycles. The number of rotatable bonds is 5. The summed E-state index contributed by atoms with van der Waals surface area (Å²) in [5.74, 6) is 0.126. The number of benzene rings is 2. The van der Waals surface area contributed by atoms with Gasteiger partial charge in [-0.15, -0.1) is 21.5 Å². The first-order valence-corrected chi connectivity index (χ1v) is 10.9. The van der Waals surface area contributed by atoms with E-state index in [0.717, 1.165) is 16.5 Å². The van der Waals surface area contributed by atoms with Crippen molar-refractivity contribution in [2.24, 2.45) is 0 Å². The Balaban J connectivity index is 1.39. The van der Waals surface area contributed by atoms with E-state index < -0.39 is 10.8 Å². The number of hydrogen-bond acceptors (Lipinski definition) is 7. The Labute approximate surface area is 195 Å². The van der Waals surface area contributed by atoms with E-state index in [-0.39, 0.29) is 16.3 Å². The average molecular weight is 477 g/mol. The van der Waals surface area contributed by atoms with Crippen LogP contribution in [0.3, 0.4) is 0 Å². The van der Waals surface area contributed by atoms with Crippen molar-refractivity contribution in [2.45, 2.75) is 0 Å². The Morgan fingerprint density at radius 3 is 2.61 bits per heavy atom. The van der Waals surface area contributed by atoms with Gasteiger partial charge in [0, 0.05) is 23.4 Å². The molecule has 0 unspecified atom stereocenters. The number of aromatic nitrogens is 4. The topological polar surface area (TPSA) is 115 Å². The smallest absolute Gasteiger partial charge is 0.270 e. The molecular weight excluding hydrogens is 464 g/mol. The quantitative estimate of drug-likeness (QED) is 0.270. The molecule has 0 aliphatic rings. The molecule has 5 aromatic rings. The number of carbonyl (C=O) groups is 1. The molecule has 0 bridgehead atoms. The van der Waals surface area contributed by atoms with E-state index in [4.69, 9.17) is 11.6 Å². The highest BCUT2D eigenvalue weighted by Crippen LogP contribution is 2.26. The first-order chi connectivity index (χ1) is 16.0. The maximum Gasteiger partial charge on any atom is 0.270 e. The molecule has 0 saturated carbocycles. The van der Waals surface area contributed by atoms with E-state index in [0.29, 0.717) is 22.9 Å². The van der Waals surface area contributed by atoms with Crippen LogP contribution in [0.25, 0.3) is 27.6 Å².